The summed E-state index contributed by atoms with van der Waals surface area (Å²) < 4.78 is 0. The van der Waals surface area contributed by atoms with Crippen LogP contribution in [0, 0.1) is 0 Å². The molecular weight excluding hydrogens is 477 g/mol. The van der Waals surface area contributed by atoms with Gasteiger partial charge < -0.3 is 15.5 Å². The van der Waals surface area contributed by atoms with Crippen LogP contribution in [0.3, 0.4) is 0 Å². The maximum absolute atomic E-state index is 4.35. The minimum Gasteiger partial charge on any atom is -0.356 e. The van der Waals surface area contributed by atoms with E-state index in [1.54, 1.807) is 5.57 Å². The number of hydrogen-bond donors (Lipinski definition) is 2. The van der Waals surface area contributed by atoms with Gasteiger partial charge in [0.25, 0.3) is 0 Å². The molecule has 1 aliphatic heterocycles. The first-order chi connectivity index (χ1) is 13.8. The second-order valence-electron chi connectivity index (χ2n) is 7.51. The number of anilines is 1. The highest BCUT2D eigenvalue weighted by atomic mass is 127. The van der Waals surface area contributed by atoms with Gasteiger partial charge in [-0.3, -0.25) is 9.89 Å². The quantitative estimate of drug-likeness (QED) is 0.183. The fourth-order valence-corrected chi connectivity index (χ4v) is 3.83. The highest BCUT2D eigenvalue weighted by Gasteiger charge is 2.18. The molecule has 0 atom stereocenters. The molecule has 1 saturated heterocycles. The van der Waals surface area contributed by atoms with Crippen LogP contribution in [0.5, 0.6) is 0 Å². The van der Waals surface area contributed by atoms with Crippen molar-refractivity contribution in [3.05, 3.63) is 30.1 Å². The van der Waals surface area contributed by atoms with E-state index in [-0.39, 0.29) is 24.0 Å². The van der Waals surface area contributed by atoms with Crippen molar-refractivity contribution in [2.24, 2.45) is 4.99 Å². The summed E-state index contributed by atoms with van der Waals surface area (Å²) in [7, 11) is 1.85. The Bertz CT molecular complexity index is 627. The van der Waals surface area contributed by atoms with E-state index in [1.807, 2.05) is 25.5 Å². The van der Waals surface area contributed by atoms with Gasteiger partial charge in [0.2, 0.25) is 5.95 Å². The maximum Gasteiger partial charge on any atom is 0.225 e. The van der Waals surface area contributed by atoms with E-state index in [0.29, 0.717) is 0 Å². The van der Waals surface area contributed by atoms with E-state index < -0.39 is 0 Å². The fourth-order valence-electron chi connectivity index (χ4n) is 3.83. The summed E-state index contributed by atoms with van der Waals surface area (Å²) in [6.45, 7) is 7.16. The van der Waals surface area contributed by atoms with Crippen molar-refractivity contribution in [1.29, 1.82) is 0 Å². The predicted octanol–water partition coefficient (Wildman–Crippen LogP) is 2.66. The second-order valence-corrected chi connectivity index (χ2v) is 7.51. The first-order valence-corrected chi connectivity index (χ1v) is 10.7. The summed E-state index contributed by atoms with van der Waals surface area (Å²) in [5.41, 5.74) is 1.61. The highest BCUT2D eigenvalue weighted by Crippen LogP contribution is 2.19. The number of nitrogens with zero attached hydrogens (tertiary/aromatic N) is 5. The zero-order chi connectivity index (χ0) is 19.4. The summed E-state index contributed by atoms with van der Waals surface area (Å²) in [6, 6.07) is 1.86. The average Bonchev–Trinajstić information content (AvgIpc) is 2.77. The first kappa shape index (κ1) is 23.9. The van der Waals surface area contributed by atoms with E-state index in [0.717, 1.165) is 70.6 Å². The predicted molar refractivity (Wildman–Crippen MR) is 131 cm³/mol. The summed E-state index contributed by atoms with van der Waals surface area (Å²) in [6.07, 6.45) is 13.5. The smallest absolute Gasteiger partial charge is 0.225 e. The van der Waals surface area contributed by atoms with E-state index in [9.17, 15) is 0 Å². The van der Waals surface area contributed by atoms with Crippen molar-refractivity contribution < 1.29 is 0 Å². The topological polar surface area (TPSA) is 68.7 Å². The van der Waals surface area contributed by atoms with Gasteiger partial charge in [0.1, 0.15) is 0 Å². The third-order valence-corrected chi connectivity index (χ3v) is 5.50. The number of piperazine rings is 1. The normalized spacial score (nSPS) is 18.0. The number of allylic oxidation sites excluding steroid dienone is 1. The van der Waals surface area contributed by atoms with Crippen LogP contribution in [0.2, 0.25) is 0 Å². The lowest BCUT2D eigenvalue weighted by atomic mass is 9.97. The first-order valence-electron chi connectivity index (χ1n) is 10.7. The molecule has 0 amide bonds. The van der Waals surface area contributed by atoms with Gasteiger partial charge in [0.15, 0.2) is 5.96 Å². The Hall–Kier alpha value is -1.42. The van der Waals surface area contributed by atoms with Crippen molar-refractivity contribution in [1.82, 2.24) is 25.5 Å². The third kappa shape index (κ3) is 8.46. The van der Waals surface area contributed by atoms with E-state index in [4.69, 9.17) is 0 Å². The van der Waals surface area contributed by atoms with Crippen LogP contribution in [0.4, 0.5) is 5.95 Å². The van der Waals surface area contributed by atoms with Gasteiger partial charge in [-0.15, -0.1) is 24.0 Å². The number of hydrogen-bond acceptors (Lipinski definition) is 5. The molecule has 8 heteroatoms. The Morgan fingerprint density at radius 3 is 2.52 bits per heavy atom. The Morgan fingerprint density at radius 2 is 1.83 bits per heavy atom. The van der Waals surface area contributed by atoms with Gasteiger partial charge in [-0.05, 0) is 51.1 Å². The zero-order valence-corrected chi connectivity index (χ0v) is 20.0. The summed E-state index contributed by atoms with van der Waals surface area (Å²) in [5, 5.41) is 6.89. The molecule has 1 aromatic heterocycles. The third-order valence-electron chi connectivity index (χ3n) is 5.50. The van der Waals surface area contributed by atoms with Crippen LogP contribution in [0.15, 0.2) is 35.1 Å². The molecule has 0 unspecified atom stereocenters. The molecule has 2 N–H and O–H groups in total. The average molecular weight is 513 g/mol. The molecule has 3 rings (SSSR count). The Balaban J connectivity index is 0.00000300. The van der Waals surface area contributed by atoms with Gasteiger partial charge in [-0.2, -0.15) is 0 Å². The molecule has 0 saturated carbocycles. The van der Waals surface area contributed by atoms with Crippen molar-refractivity contribution in [2.45, 2.75) is 38.5 Å². The number of rotatable bonds is 8. The standard InChI is InChI=1S/C21H35N7.HI/c1-22-20(24-13-9-19-7-3-2-4-8-19)23-12-6-14-27-15-17-28(18-16-27)21-25-10-5-11-26-21;/h5,7,10-11H,2-4,6,8-9,12-18H2,1H3,(H2,22,23,24);1H. The Kier molecular flexibility index (Phi) is 11.3. The number of halogens is 1. The van der Waals surface area contributed by atoms with Crippen LogP contribution in [0.25, 0.3) is 0 Å². The van der Waals surface area contributed by atoms with Crippen LogP contribution in [0.1, 0.15) is 38.5 Å². The SMILES string of the molecule is CN=C(NCCCN1CCN(c2ncccn2)CC1)NCCC1=CCCCC1.I. The monoisotopic (exact) mass is 513 g/mol. The number of aliphatic imine (C=N–C) groups is 1. The Labute approximate surface area is 192 Å². The van der Waals surface area contributed by atoms with Crippen LogP contribution in [-0.2, 0) is 0 Å². The summed E-state index contributed by atoms with van der Waals surface area (Å²) in [5.74, 6) is 1.77. The number of nitrogens with one attached hydrogen (secondary N) is 2. The fraction of sp³-hybridized carbons (Fsp3) is 0.667. The van der Waals surface area contributed by atoms with Crippen molar-refractivity contribution in [2.75, 3.05) is 57.8 Å². The van der Waals surface area contributed by atoms with Crippen molar-refractivity contribution >= 4 is 35.9 Å². The minimum atomic E-state index is 0. The lowest BCUT2D eigenvalue weighted by Crippen LogP contribution is -2.47. The molecule has 2 aliphatic rings. The molecule has 0 aromatic carbocycles. The van der Waals surface area contributed by atoms with Gasteiger partial charge in [-0.1, -0.05) is 11.6 Å². The molecule has 0 spiro atoms. The second kappa shape index (κ2) is 13.7. The molecule has 1 aromatic rings. The lowest BCUT2D eigenvalue weighted by molar-refractivity contribution is 0.254. The molecule has 29 heavy (non-hydrogen) atoms. The molecular formula is C21H36IN7. The van der Waals surface area contributed by atoms with Crippen LogP contribution < -0.4 is 15.5 Å². The summed E-state index contributed by atoms with van der Waals surface area (Å²) >= 11 is 0. The van der Waals surface area contributed by atoms with Crippen LogP contribution in [-0.4, -0.2) is 73.7 Å². The van der Waals surface area contributed by atoms with E-state index in [1.165, 1.54) is 25.7 Å². The maximum atomic E-state index is 4.35. The minimum absolute atomic E-state index is 0. The highest BCUT2D eigenvalue weighted by molar-refractivity contribution is 14.0. The zero-order valence-electron chi connectivity index (χ0n) is 17.6. The molecule has 7 nitrogen and oxygen atoms in total. The molecule has 1 aliphatic carbocycles. The van der Waals surface area contributed by atoms with E-state index >= 15 is 0 Å². The molecule has 162 valence electrons. The largest absolute Gasteiger partial charge is 0.356 e. The number of guanidine groups is 1. The van der Waals surface area contributed by atoms with Gasteiger partial charge in [0, 0.05) is 58.7 Å². The number of aromatic nitrogens is 2. The molecule has 2 heterocycles. The van der Waals surface area contributed by atoms with Crippen molar-refractivity contribution in [3.63, 3.8) is 0 Å². The van der Waals surface area contributed by atoms with Gasteiger partial charge in [0.05, 0.1) is 0 Å². The van der Waals surface area contributed by atoms with Crippen LogP contribution >= 0.6 is 24.0 Å². The Morgan fingerprint density at radius 1 is 1.07 bits per heavy atom. The van der Waals surface area contributed by atoms with Gasteiger partial charge in [-0.25, -0.2) is 9.97 Å². The van der Waals surface area contributed by atoms with Crippen molar-refractivity contribution in [3.8, 4) is 0 Å². The van der Waals surface area contributed by atoms with E-state index in [2.05, 4.69) is 41.5 Å². The molecule has 0 radical (unpaired) electrons. The molecule has 0 bridgehead atoms. The lowest BCUT2D eigenvalue weighted by Gasteiger charge is -2.34. The molecule has 1 fully saturated rings. The summed E-state index contributed by atoms with van der Waals surface area (Å²) in [4.78, 5) is 17.8. The van der Waals surface area contributed by atoms with Gasteiger partial charge >= 0.3 is 0 Å².